The number of halogens is 2. The van der Waals surface area contributed by atoms with Crippen LogP contribution < -0.4 is 10.8 Å². The second-order valence-corrected chi connectivity index (χ2v) is 9.75. The number of nitrogens with one attached hydrogen (secondary N) is 1. The van der Waals surface area contributed by atoms with E-state index in [1.54, 1.807) is 25.1 Å². The van der Waals surface area contributed by atoms with Crippen molar-refractivity contribution in [2.75, 3.05) is 13.2 Å². The molecule has 1 saturated heterocycles. The van der Waals surface area contributed by atoms with Gasteiger partial charge in [-0.25, -0.2) is 9.79 Å². The van der Waals surface area contributed by atoms with Crippen molar-refractivity contribution >= 4 is 70.8 Å². The zero-order chi connectivity index (χ0) is 28.4. The molecule has 1 aromatic rings. The Hall–Kier alpha value is -2.87. The minimum atomic E-state index is -1.15. The van der Waals surface area contributed by atoms with E-state index in [1.807, 2.05) is 0 Å². The number of hydrazone groups is 1. The predicted octanol–water partition coefficient (Wildman–Crippen LogP) is 0.635. The molecule has 1 aliphatic rings. The van der Waals surface area contributed by atoms with Gasteiger partial charge in [-0.1, -0.05) is 35.0 Å². The molecular formula is C23H28Cl2N3O9S+. The van der Waals surface area contributed by atoms with Crippen molar-refractivity contribution in [3.8, 4) is 0 Å². The van der Waals surface area contributed by atoms with Crippen molar-refractivity contribution in [3.63, 3.8) is 0 Å². The maximum Gasteiger partial charge on any atom is 0.365 e. The van der Waals surface area contributed by atoms with E-state index >= 15 is 0 Å². The van der Waals surface area contributed by atoms with Crippen molar-refractivity contribution in [2.45, 2.75) is 62.4 Å². The van der Waals surface area contributed by atoms with Gasteiger partial charge in [0.25, 0.3) is 0 Å². The molecule has 0 bridgehead atoms. The lowest BCUT2D eigenvalue weighted by Gasteiger charge is -2.41. The van der Waals surface area contributed by atoms with Crippen LogP contribution in [0.25, 0.3) is 0 Å². The van der Waals surface area contributed by atoms with Crippen LogP contribution in [0.3, 0.4) is 0 Å². The number of nitrogens with zero attached hydrogens (tertiary/aromatic N) is 1. The molecule has 1 aromatic carbocycles. The number of benzene rings is 1. The molecule has 5 atom stereocenters. The Morgan fingerprint density at radius 1 is 1.05 bits per heavy atom. The lowest BCUT2D eigenvalue weighted by Crippen LogP contribution is -2.88. The van der Waals surface area contributed by atoms with E-state index < -0.39 is 53.7 Å². The van der Waals surface area contributed by atoms with Gasteiger partial charge in [0.15, 0.2) is 17.8 Å². The van der Waals surface area contributed by atoms with Gasteiger partial charge in [0.1, 0.15) is 12.7 Å². The highest BCUT2D eigenvalue weighted by atomic mass is 35.5. The summed E-state index contributed by atoms with van der Waals surface area (Å²) in [6.45, 7) is 4.95. The van der Waals surface area contributed by atoms with Gasteiger partial charge in [0.2, 0.25) is 17.9 Å². The van der Waals surface area contributed by atoms with Crippen molar-refractivity contribution in [2.24, 2.45) is 10.9 Å². The van der Waals surface area contributed by atoms with E-state index in [0.717, 1.165) is 18.0 Å². The molecule has 15 heteroatoms. The molecule has 0 spiro atoms. The van der Waals surface area contributed by atoms with Crippen LogP contribution in [0, 0.1) is 0 Å². The van der Waals surface area contributed by atoms with Gasteiger partial charge >= 0.3 is 23.9 Å². The number of esters is 4. The lowest BCUT2D eigenvalue weighted by atomic mass is 9.97. The van der Waals surface area contributed by atoms with E-state index in [4.69, 9.17) is 52.7 Å². The maximum absolute atomic E-state index is 12.2. The molecule has 1 heterocycles. The third kappa shape index (κ3) is 9.15. The molecule has 0 radical (unpaired) electrons. The van der Waals surface area contributed by atoms with Crippen molar-refractivity contribution in [1.82, 2.24) is 0 Å². The van der Waals surface area contributed by atoms with Crippen LogP contribution in [-0.4, -0.2) is 78.8 Å². The molecule has 38 heavy (non-hydrogen) atoms. The predicted molar refractivity (Wildman–Crippen MR) is 138 cm³/mol. The van der Waals surface area contributed by atoms with Crippen LogP contribution in [0.1, 0.15) is 27.7 Å². The first-order chi connectivity index (χ1) is 18.0. The minimum Gasteiger partial charge on any atom is -0.463 e. The molecular weight excluding hydrogens is 565 g/mol. The zero-order valence-corrected chi connectivity index (χ0v) is 23.3. The van der Waals surface area contributed by atoms with Crippen molar-refractivity contribution in [3.05, 3.63) is 28.2 Å². The Balaban J connectivity index is 2.58. The Bertz CT molecular complexity index is 1100. The summed E-state index contributed by atoms with van der Waals surface area (Å²) in [4.78, 5) is 51.4. The third-order valence-electron chi connectivity index (χ3n) is 4.89. The Morgan fingerprint density at radius 3 is 2.26 bits per heavy atom. The van der Waals surface area contributed by atoms with E-state index in [2.05, 4.69) is 10.1 Å². The summed E-state index contributed by atoms with van der Waals surface area (Å²) in [5.74, 6) is 2.59. The first-order valence-electron chi connectivity index (χ1n) is 11.3. The molecule has 0 aromatic heterocycles. The van der Waals surface area contributed by atoms with Crippen LogP contribution in [-0.2, 0) is 42.9 Å². The lowest BCUT2D eigenvalue weighted by molar-refractivity contribution is -0.536. The third-order valence-corrected chi connectivity index (χ3v) is 6.76. The SMILES string of the molecule is CCOC(=O)C(C=[NH+]C1C(OC(C)=O)C(Sc2ccc(Cl)c(Cl)c2)OC(COC(C)=O)[C@@H]1OC(C)=O)=NN. The fourth-order valence-electron chi connectivity index (χ4n) is 3.41. The second-order valence-electron chi connectivity index (χ2n) is 7.76. The van der Waals surface area contributed by atoms with Gasteiger partial charge in [-0.15, -0.1) is 0 Å². The summed E-state index contributed by atoms with van der Waals surface area (Å²) in [6.07, 6.45) is -2.13. The molecule has 0 saturated carbocycles. The highest BCUT2D eigenvalue weighted by Crippen LogP contribution is 2.37. The number of ether oxygens (including phenoxy) is 5. The van der Waals surface area contributed by atoms with Crippen LogP contribution in [0.2, 0.25) is 10.0 Å². The van der Waals surface area contributed by atoms with Gasteiger partial charge in [0, 0.05) is 25.7 Å². The smallest absolute Gasteiger partial charge is 0.365 e. The second kappa shape index (κ2) is 14.9. The molecule has 0 aliphatic carbocycles. The van der Waals surface area contributed by atoms with Crippen LogP contribution in [0.5, 0.6) is 0 Å². The first kappa shape index (κ1) is 31.3. The topological polar surface area (TPSA) is 167 Å². The molecule has 1 fully saturated rings. The quantitative estimate of drug-likeness (QED) is 0.128. The number of carbonyl (C=O) groups is 4. The average Bonchev–Trinajstić information content (AvgIpc) is 2.83. The van der Waals surface area contributed by atoms with E-state index in [9.17, 15) is 19.2 Å². The van der Waals surface area contributed by atoms with Crippen LogP contribution in [0.15, 0.2) is 28.2 Å². The molecule has 3 N–H and O–H groups in total. The maximum atomic E-state index is 12.2. The standard InChI is InChI=1S/C23H27Cl2N3O9S/c1-5-33-22(32)17(28-26)9-27-19-20(35-12(3)30)18(10-34-11(2)29)37-23(21(19)36-13(4)31)38-14-6-7-15(24)16(25)8-14/h6-9,18-21,23H,5,10,26H2,1-4H3/p+1/t18?,19?,20-,21?,23?/m0/s1. The van der Waals surface area contributed by atoms with Crippen LogP contribution >= 0.6 is 35.0 Å². The van der Waals surface area contributed by atoms with Crippen molar-refractivity contribution < 1.29 is 47.9 Å². The van der Waals surface area contributed by atoms with Crippen LogP contribution in [0.4, 0.5) is 0 Å². The number of nitrogens with two attached hydrogens (primary N) is 1. The number of rotatable bonds is 10. The summed E-state index contributed by atoms with van der Waals surface area (Å²) in [5.41, 5.74) is -1.22. The first-order valence-corrected chi connectivity index (χ1v) is 12.9. The molecule has 0 amide bonds. The summed E-state index contributed by atoms with van der Waals surface area (Å²) in [6, 6.07) is 3.83. The van der Waals surface area contributed by atoms with Gasteiger partial charge in [0.05, 0.1) is 16.7 Å². The highest BCUT2D eigenvalue weighted by Gasteiger charge is 2.54. The summed E-state index contributed by atoms with van der Waals surface area (Å²) in [5, 5.41) is 4.04. The zero-order valence-electron chi connectivity index (χ0n) is 21.0. The van der Waals surface area contributed by atoms with Crippen molar-refractivity contribution in [1.29, 1.82) is 0 Å². The van der Waals surface area contributed by atoms with Gasteiger partial charge in [-0.2, -0.15) is 5.10 Å². The number of hydrogen-bond donors (Lipinski definition) is 2. The number of hydrogen-bond acceptors (Lipinski definition) is 12. The van der Waals surface area contributed by atoms with E-state index in [1.165, 1.54) is 20.8 Å². The van der Waals surface area contributed by atoms with E-state index in [0.29, 0.717) is 9.92 Å². The summed E-state index contributed by atoms with van der Waals surface area (Å²) >= 11 is 13.3. The van der Waals surface area contributed by atoms with Gasteiger partial charge in [-0.3, -0.25) is 14.4 Å². The van der Waals surface area contributed by atoms with E-state index in [-0.39, 0.29) is 23.9 Å². The fourth-order valence-corrected chi connectivity index (χ4v) is 4.93. The molecule has 1 aliphatic heterocycles. The summed E-state index contributed by atoms with van der Waals surface area (Å²) in [7, 11) is 0. The fraction of sp³-hybridized carbons (Fsp3) is 0.478. The molecule has 12 nitrogen and oxygen atoms in total. The highest BCUT2D eigenvalue weighted by molar-refractivity contribution is 7.99. The average molecular weight is 593 g/mol. The molecule has 2 rings (SSSR count). The Labute approximate surface area is 233 Å². The monoisotopic (exact) mass is 592 g/mol. The number of thioether (sulfide) groups is 1. The van der Waals surface area contributed by atoms with Gasteiger partial charge < -0.3 is 29.5 Å². The molecule has 208 valence electrons. The Kier molecular flexibility index (Phi) is 12.3. The summed E-state index contributed by atoms with van der Waals surface area (Å²) < 4.78 is 27.3. The minimum absolute atomic E-state index is 0.0714. The normalized spacial score (nSPS) is 23.5. The van der Waals surface area contributed by atoms with Gasteiger partial charge in [-0.05, 0) is 25.1 Å². The number of carbonyl (C=O) groups excluding carboxylic acids is 4. The molecule has 4 unspecified atom stereocenters. The Morgan fingerprint density at radius 2 is 1.71 bits per heavy atom. The largest absolute Gasteiger partial charge is 0.463 e.